The molecule has 0 aromatic heterocycles. The maximum atomic E-state index is 9.67. The first-order valence-corrected chi connectivity index (χ1v) is 7.25. The van der Waals surface area contributed by atoms with Crippen LogP contribution in [0, 0.1) is 0 Å². The molecular formula is C16H24BF4Ir-. The van der Waals surface area contributed by atoms with Gasteiger partial charge in [-0.3, -0.25) is 12.9 Å². The molecule has 0 amide bonds. The smallest absolute Gasteiger partial charge is 0.762 e. The minimum atomic E-state index is -3.67. The molecule has 0 saturated carbocycles. The molecule has 0 nitrogen and oxygen atoms in total. The Kier molecular flexibility index (Phi) is 27.1. The normalized spacial score (nSPS) is 21.6. The van der Waals surface area contributed by atoms with Crippen LogP contribution in [0.4, 0.5) is 12.9 Å². The molecule has 0 atom stereocenters. The largest absolute Gasteiger partial charge is 1.00 e. The van der Waals surface area contributed by atoms with E-state index in [2.05, 4.69) is 48.6 Å². The number of hydrogen-bond acceptors (Lipinski definition) is 0. The van der Waals surface area contributed by atoms with Gasteiger partial charge in [-0.15, -0.1) is 0 Å². The van der Waals surface area contributed by atoms with Crippen molar-refractivity contribution in [2.24, 2.45) is 0 Å². The molecule has 0 spiro atoms. The third kappa shape index (κ3) is 27.7. The second-order valence-electron chi connectivity index (χ2n) is 4.44. The Morgan fingerprint density at radius 1 is 0.455 bits per heavy atom. The zero-order chi connectivity index (χ0) is 14.9. The predicted octanol–water partition coefficient (Wildman–Crippen LogP) is 3.23. The van der Waals surface area contributed by atoms with Crippen LogP contribution in [0.1, 0.15) is 51.4 Å². The molecule has 0 saturated heterocycles. The van der Waals surface area contributed by atoms with E-state index in [1.165, 1.54) is 51.4 Å². The second-order valence-corrected chi connectivity index (χ2v) is 4.44. The average Bonchev–Trinajstić information content (AvgIpc) is 2.26. The minimum absolute atomic E-state index is 0. The van der Waals surface area contributed by atoms with Crippen molar-refractivity contribution in [1.82, 2.24) is 0 Å². The van der Waals surface area contributed by atoms with Gasteiger partial charge < -0.3 is 4.70 Å². The third-order valence-corrected chi connectivity index (χ3v) is 2.67. The Balaban J connectivity index is -0.000000249. The maximum absolute atomic E-state index is 9.67. The Morgan fingerprint density at radius 2 is 0.545 bits per heavy atom. The standard InChI is InChI=1S/2C8H12.BF3.FH.Ir/c2*1-2-4-6-8-7-5-3-1;2-1(3)4;;/h2*1-2,7-8H,3-6H2;;1H;/p-1/b2*2-1-,8-7-;;;. The molecular weight excluding hydrogens is 471 g/mol. The number of hydrogen-bond donors (Lipinski definition) is 0. The zero-order valence-electron chi connectivity index (χ0n) is 12.7. The van der Waals surface area contributed by atoms with Crippen LogP contribution in [0.3, 0.4) is 0 Å². The summed E-state index contributed by atoms with van der Waals surface area (Å²) in [6.45, 7) is 0. The van der Waals surface area contributed by atoms with Gasteiger partial charge in [0.25, 0.3) is 0 Å². The monoisotopic (exact) mass is 496 g/mol. The molecule has 2 rings (SSSR count). The van der Waals surface area contributed by atoms with Gasteiger partial charge >= 0.3 is 7.54 Å². The van der Waals surface area contributed by atoms with Crippen LogP contribution in [0.15, 0.2) is 48.6 Å². The van der Waals surface area contributed by atoms with E-state index >= 15 is 0 Å². The van der Waals surface area contributed by atoms with Gasteiger partial charge in [0, 0.05) is 20.1 Å². The van der Waals surface area contributed by atoms with Crippen LogP contribution in [0.5, 0.6) is 0 Å². The van der Waals surface area contributed by atoms with Gasteiger partial charge in [0.1, 0.15) is 0 Å². The maximum Gasteiger partial charge on any atom is 0.762 e. The fourth-order valence-electron chi connectivity index (χ4n) is 1.71. The van der Waals surface area contributed by atoms with E-state index in [0.29, 0.717) is 0 Å². The summed E-state index contributed by atoms with van der Waals surface area (Å²) >= 11 is 0. The summed E-state index contributed by atoms with van der Waals surface area (Å²) in [5.74, 6) is 0. The summed E-state index contributed by atoms with van der Waals surface area (Å²) in [5, 5.41) is 0. The van der Waals surface area contributed by atoms with Gasteiger partial charge in [0.2, 0.25) is 0 Å². The van der Waals surface area contributed by atoms with Gasteiger partial charge in [0.05, 0.1) is 0 Å². The van der Waals surface area contributed by atoms with Crippen molar-refractivity contribution in [2.45, 2.75) is 51.4 Å². The molecule has 0 N–H and O–H groups in total. The van der Waals surface area contributed by atoms with Gasteiger partial charge in [-0.25, -0.2) is 0 Å². The van der Waals surface area contributed by atoms with Crippen molar-refractivity contribution in [1.29, 1.82) is 0 Å². The Labute approximate surface area is 145 Å². The van der Waals surface area contributed by atoms with Crippen LogP contribution in [0.25, 0.3) is 0 Å². The minimum Gasteiger partial charge on any atom is -1.00 e. The summed E-state index contributed by atoms with van der Waals surface area (Å²) < 4.78 is 29.0. The van der Waals surface area contributed by atoms with E-state index in [4.69, 9.17) is 0 Å². The molecule has 1 radical (unpaired) electrons. The Hall–Kier alpha value is -0.606. The average molecular weight is 495 g/mol. The SMILES string of the molecule is C1=C\CC/C=C\CC/1.C1=C\CC/C=C\CC/1.FB(F)F.[F-].[Ir]. The number of rotatable bonds is 0. The predicted molar refractivity (Wildman–Crippen MR) is 82.6 cm³/mol. The van der Waals surface area contributed by atoms with Crippen LogP contribution in [-0.4, -0.2) is 7.54 Å². The third-order valence-electron chi connectivity index (χ3n) is 2.67. The molecule has 6 heteroatoms. The molecule has 0 aromatic rings. The first-order chi connectivity index (χ1) is 9.73. The Bertz CT molecular complexity index is 233. The van der Waals surface area contributed by atoms with Crippen LogP contribution in [0.2, 0.25) is 0 Å². The summed E-state index contributed by atoms with van der Waals surface area (Å²) in [7, 11) is -3.67. The number of allylic oxidation sites excluding steroid dienone is 8. The van der Waals surface area contributed by atoms with Crippen LogP contribution in [-0.2, 0) is 20.1 Å². The first-order valence-electron chi connectivity index (χ1n) is 7.25. The van der Waals surface area contributed by atoms with Crippen LogP contribution < -0.4 is 4.70 Å². The van der Waals surface area contributed by atoms with Crippen molar-refractivity contribution in [3.8, 4) is 0 Å². The van der Waals surface area contributed by atoms with Gasteiger partial charge in [-0.05, 0) is 51.4 Å². The van der Waals surface area contributed by atoms with E-state index in [-0.39, 0.29) is 24.8 Å². The van der Waals surface area contributed by atoms with Crippen LogP contribution >= 0.6 is 0 Å². The van der Waals surface area contributed by atoms with Crippen molar-refractivity contribution in [3.05, 3.63) is 48.6 Å². The molecule has 0 unspecified atom stereocenters. The van der Waals surface area contributed by atoms with Gasteiger partial charge in [0.15, 0.2) is 0 Å². The van der Waals surface area contributed by atoms with Crippen molar-refractivity contribution >= 4 is 7.54 Å². The molecule has 0 aliphatic heterocycles. The van der Waals surface area contributed by atoms with Gasteiger partial charge in [-0.1, -0.05) is 48.6 Å². The zero-order valence-corrected chi connectivity index (χ0v) is 15.1. The van der Waals surface area contributed by atoms with Crippen molar-refractivity contribution < 1.29 is 37.8 Å². The van der Waals surface area contributed by atoms with Crippen molar-refractivity contribution in [2.75, 3.05) is 0 Å². The topological polar surface area (TPSA) is 0 Å². The van der Waals surface area contributed by atoms with Gasteiger partial charge in [-0.2, -0.15) is 0 Å². The summed E-state index contributed by atoms with van der Waals surface area (Å²) in [6.07, 6.45) is 28.0. The number of halogens is 4. The summed E-state index contributed by atoms with van der Waals surface area (Å²) in [6, 6.07) is 0. The molecule has 129 valence electrons. The first kappa shape index (κ1) is 26.3. The van der Waals surface area contributed by atoms with E-state index < -0.39 is 7.54 Å². The molecule has 0 aromatic carbocycles. The van der Waals surface area contributed by atoms with E-state index in [1.807, 2.05) is 0 Å². The molecule has 0 heterocycles. The van der Waals surface area contributed by atoms with Crippen molar-refractivity contribution in [3.63, 3.8) is 0 Å². The molecule has 0 bridgehead atoms. The molecule has 22 heavy (non-hydrogen) atoms. The fourth-order valence-corrected chi connectivity index (χ4v) is 1.71. The van der Waals surface area contributed by atoms with E-state index in [0.717, 1.165) is 0 Å². The molecule has 0 fully saturated rings. The fraction of sp³-hybridized carbons (Fsp3) is 0.500. The quantitative estimate of drug-likeness (QED) is 0.275. The molecule has 2 aliphatic carbocycles. The van der Waals surface area contributed by atoms with E-state index in [1.54, 1.807) is 0 Å². The molecule has 2 aliphatic rings. The van der Waals surface area contributed by atoms with E-state index in [9.17, 15) is 12.9 Å². The summed E-state index contributed by atoms with van der Waals surface area (Å²) in [4.78, 5) is 0. The second kappa shape index (κ2) is 22.7. The Morgan fingerprint density at radius 3 is 0.636 bits per heavy atom. The summed E-state index contributed by atoms with van der Waals surface area (Å²) in [5.41, 5.74) is 0.